The maximum absolute atomic E-state index is 12.0. The van der Waals surface area contributed by atoms with Crippen LogP contribution in [0.1, 0.15) is 37.0 Å². The van der Waals surface area contributed by atoms with E-state index in [-0.39, 0.29) is 5.97 Å². The Kier molecular flexibility index (Phi) is 4.16. The van der Waals surface area contributed by atoms with Crippen LogP contribution in [0.2, 0.25) is 0 Å². The molecule has 1 aromatic heterocycles. The van der Waals surface area contributed by atoms with Gasteiger partial charge in [-0.2, -0.15) is 0 Å². The van der Waals surface area contributed by atoms with Gasteiger partial charge < -0.3 is 20.2 Å². The molecule has 0 unspecified atom stereocenters. The molecule has 0 radical (unpaired) electrons. The van der Waals surface area contributed by atoms with Crippen LogP contribution in [0.4, 0.5) is 11.4 Å². The third kappa shape index (κ3) is 4.24. The summed E-state index contributed by atoms with van der Waals surface area (Å²) in [6.45, 7) is 5.85. The Labute approximate surface area is 123 Å². The van der Waals surface area contributed by atoms with Crippen molar-refractivity contribution in [3.8, 4) is 0 Å². The molecule has 0 saturated carbocycles. The third-order valence-electron chi connectivity index (χ3n) is 2.60. The van der Waals surface area contributed by atoms with Crippen LogP contribution in [-0.2, 0) is 11.3 Å². The highest BCUT2D eigenvalue weighted by Crippen LogP contribution is 2.22. The number of nitrogens with zero attached hydrogens (tertiary/aromatic N) is 1. The average molecular weight is 289 g/mol. The van der Waals surface area contributed by atoms with Crippen molar-refractivity contribution in [3.05, 3.63) is 42.1 Å². The van der Waals surface area contributed by atoms with Gasteiger partial charge in [-0.1, -0.05) is 0 Å². The lowest BCUT2D eigenvalue weighted by Crippen LogP contribution is -2.24. The first-order chi connectivity index (χ1) is 9.85. The number of esters is 1. The van der Waals surface area contributed by atoms with E-state index in [1.54, 1.807) is 24.4 Å². The number of nitrogens with two attached hydrogens (primary N) is 1. The molecule has 6 nitrogen and oxygen atoms in total. The van der Waals surface area contributed by atoms with Crippen LogP contribution in [0.25, 0.3) is 0 Å². The molecule has 0 aliphatic rings. The largest absolute Gasteiger partial charge is 0.456 e. The summed E-state index contributed by atoms with van der Waals surface area (Å²) in [7, 11) is 0. The van der Waals surface area contributed by atoms with Crippen molar-refractivity contribution < 1.29 is 13.9 Å². The number of aromatic nitrogens is 1. The van der Waals surface area contributed by atoms with Crippen LogP contribution in [0.15, 0.2) is 35.1 Å². The molecular weight excluding hydrogens is 270 g/mol. The van der Waals surface area contributed by atoms with Crippen molar-refractivity contribution in [2.75, 3.05) is 11.1 Å². The summed E-state index contributed by atoms with van der Waals surface area (Å²) in [4.78, 5) is 16.0. The van der Waals surface area contributed by atoms with Crippen molar-refractivity contribution >= 4 is 17.3 Å². The van der Waals surface area contributed by atoms with Crippen LogP contribution in [0.5, 0.6) is 0 Å². The average Bonchev–Trinajstić information content (AvgIpc) is 2.88. The second kappa shape index (κ2) is 5.87. The smallest absolute Gasteiger partial charge is 0.338 e. The minimum Gasteiger partial charge on any atom is -0.456 e. The Hall–Kier alpha value is -2.50. The van der Waals surface area contributed by atoms with Gasteiger partial charge >= 0.3 is 5.97 Å². The molecule has 0 fully saturated rings. The number of benzene rings is 1. The number of carbonyl (C=O) groups is 1. The Morgan fingerprint density at radius 3 is 2.81 bits per heavy atom. The highest BCUT2D eigenvalue weighted by Gasteiger charge is 2.18. The number of ether oxygens (including phenoxy) is 1. The standard InChI is InChI=1S/C15H19N3O3/c1-15(2,3)21-14(19)10-4-5-11(16)12(8-10)18-9-13-17-6-7-20-13/h4-8,18H,9,16H2,1-3H3. The molecule has 0 spiro atoms. The van der Waals surface area contributed by atoms with Gasteiger partial charge in [0.25, 0.3) is 0 Å². The maximum Gasteiger partial charge on any atom is 0.338 e. The second-order valence-electron chi connectivity index (χ2n) is 5.58. The van der Waals surface area contributed by atoms with Gasteiger partial charge in [-0.3, -0.25) is 0 Å². The van der Waals surface area contributed by atoms with Crippen molar-refractivity contribution in [2.45, 2.75) is 32.9 Å². The van der Waals surface area contributed by atoms with Crippen molar-refractivity contribution in [3.63, 3.8) is 0 Å². The third-order valence-corrected chi connectivity index (χ3v) is 2.60. The Morgan fingerprint density at radius 2 is 2.19 bits per heavy atom. The second-order valence-corrected chi connectivity index (χ2v) is 5.58. The zero-order chi connectivity index (χ0) is 15.5. The summed E-state index contributed by atoms with van der Waals surface area (Å²) in [5.41, 5.74) is 6.96. The summed E-state index contributed by atoms with van der Waals surface area (Å²) >= 11 is 0. The number of anilines is 2. The summed E-state index contributed by atoms with van der Waals surface area (Å²) < 4.78 is 10.5. The van der Waals surface area contributed by atoms with E-state index >= 15 is 0 Å². The summed E-state index contributed by atoms with van der Waals surface area (Å²) in [6.07, 6.45) is 3.06. The fourth-order valence-electron chi connectivity index (χ4n) is 1.68. The zero-order valence-electron chi connectivity index (χ0n) is 12.3. The number of hydrogen-bond acceptors (Lipinski definition) is 6. The van der Waals surface area contributed by atoms with Crippen molar-refractivity contribution in [1.82, 2.24) is 4.98 Å². The van der Waals surface area contributed by atoms with Gasteiger partial charge in [0.15, 0.2) is 0 Å². The maximum atomic E-state index is 12.0. The van der Waals surface area contributed by atoms with E-state index in [1.807, 2.05) is 20.8 Å². The highest BCUT2D eigenvalue weighted by molar-refractivity contribution is 5.92. The summed E-state index contributed by atoms with van der Waals surface area (Å²) in [5, 5.41) is 3.08. The number of carbonyl (C=O) groups excluding carboxylic acids is 1. The zero-order valence-corrected chi connectivity index (χ0v) is 12.3. The van der Waals surface area contributed by atoms with Crippen LogP contribution in [0, 0.1) is 0 Å². The molecule has 112 valence electrons. The predicted molar refractivity (Wildman–Crippen MR) is 79.9 cm³/mol. The van der Waals surface area contributed by atoms with Crippen LogP contribution >= 0.6 is 0 Å². The first kappa shape index (κ1) is 14.9. The number of nitrogens with one attached hydrogen (secondary N) is 1. The van der Waals surface area contributed by atoms with Gasteiger partial charge in [0.05, 0.1) is 29.7 Å². The molecule has 1 heterocycles. The number of rotatable bonds is 4. The first-order valence-corrected chi connectivity index (χ1v) is 6.60. The van der Waals surface area contributed by atoms with E-state index in [2.05, 4.69) is 10.3 Å². The van der Waals surface area contributed by atoms with Gasteiger partial charge in [0.2, 0.25) is 5.89 Å². The summed E-state index contributed by atoms with van der Waals surface area (Å²) in [6, 6.07) is 4.96. The predicted octanol–water partition coefficient (Wildman–Crippen LogP) is 2.82. The van der Waals surface area contributed by atoms with E-state index in [0.717, 1.165) is 0 Å². The van der Waals surface area contributed by atoms with Crippen molar-refractivity contribution in [2.24, 2.45) is 0 Å². The molecule has 21 heavy (non-hydrogen) atoms. The first-order valence-electron chi connectivity index (χ1n) is 6.60. The molecular formula is C15H19N3O3. The minimum atomic E-state index is -0.538. The van der Waals surface area contributed by atoms with E-state index in [4.69, 9.17) is 14.9 Å². The van der Waals surface area contributed by atoms with Crippen molar-refractivity contribution in [1.29, 1.82) is 0 Å². The molecule has 3 N–H and O–H groups in total. The monoisotopic (exact) mass is 289 g/mol. The topological polar surface area (TPSA) is 90.4 Å². The molecule has 2 aromatic rings. The van der Waals surface area contributed by atoms with Gasteiger partial charge in [-0.25, -0.2) is 9.78 Å². The lowest BCUT2D eigenvalue weighted by molar-refractivity contribution is 0.00696. The van der Waals surface area contributed by atoms with Crippen LogP contribution < -0.4 is 11.1 Å². The lowest BCUT2D eigenvalue weighted by Gasteiger charge is -2.20. The number of hydrogen-bond donors (Lipinski definition) is 2. The van der Waals surface area contributed by atoms with Crippen LogP contribution in [0.3, 0.4) is 0 Å². The molecule has 0 bridgehead atoms. The fourth-order valence-corrected chi connectivity index (χ4v) is 1.68. The molecule has 0 aliphatic carbocycles. The van der Waals surface area contributed by atoms with Gasteiger partial charge in [-0.05, 0) is 39.0 Å². The number of oxazole rings is 1. The molecule has 2 rings (SSSR count). The Balaban J connectivity index is 2.11. The minimum absolute atomic E-state index is 0.384. The molecule has 0 atom stereocenters. The molecule has 6 heteroatoms. The van der Waals surface area contributed by atoms with E-state index in [9.17, 15) is 4.79 Å². The summed E-state index contributed by atoms with van der Waals surface area (Å²) in [5.74, 6) is 0.152. The van der Waals surface area contributed by atoms with E-state index in [0.29, 0.717) is 29.4 Å². The molecule has 1 aromatic carbocycles. The quantitative estimate of drug-likeness (QED) is 0.664. The van der Waals surface area contributed by atoms with E-state index < -0.39 is 5.60 Å². The molecule has 0 amide bonds. The Bertz CT molecular complexity index is 616. The van der Waals surface area contributed by atoms with Gasteiger partial charge in [0.1, 0.15) is 11.9 Å². The number of nitrogen functional groups attached to an aromatic ring is 1. The Morgan fingerprint density at radius 1 is 1.43 bits per heavy atom. The SMILES string of the molecule is CC(C)(C)OC(=O)c1ccc(N)c(NCc2ncco2)c1. The molecule has 0 saturated heterocycles. The van der Waals surface area contributed by atoms with Crippen LogP contribution in [-0.4, -0.2) is 16.6 Å². The normalized spacial score (nSPS) is 11.2. The van der Waals surface area contributed by atoms with E-state index in [1.165, 1.54) is 6.26 Å². The van der Waals surface area contributed by atoms with Gasteiger partial charge in [-0.15, -0.1) is 0 Å². The molecule has 0 aliphatic heterocycles. The van der Waals surface area contributed by atoms with Gasteiger partial charge in [0, 0.05) is 0 Å². The highest BCUT2D eigenvalue weighted by atomic mass is 16.6. The lowest BCUT2D eigenvalue weighted by atomic mass is 10.1. The fraction of sp³-hybridized carbons (Fsp3) is 0.333.